The van der Waals surface area contributed by atoms with Crippen molar-refractivity contribution in [3.8, 4) is 0 Å². The SMILES string of the molecule is CCOCCCN1CCC(C)C1CO. The summed E-state index contributed by atoms with van der Waals surface area (Å²) in [7, 11) is 0. The lowest BCUT2D eigenvalue weighted by Crippen LogP contribution is -2.36. The van der Waals surface area contributed by atoms with E-state index in [1.165, 1.54) is 6.42 Å². The summed E-state index contributed by atoms with van der Waals surface area (Å²) in [5, 5.41) is 9.24. The van der Waals surface area contributed by atoms with E-state index in [4.69, 9.17) is 4.74 Å². The Labute approximate surface area is 87.1 Å². The molecule has 1 fully saturated rings. The first-order valence-electron chi connectivity index (χ1n) is 5.72. The maximum atomic E-state index is 9.24. The molecule has 0 amide bonds. The van der Waals surface area contributed by atoms with Crippen molar-refractivity contribution in [2.24, 2.45) is 5.92 Å². The molecule has 3 heteroatoms. The molecule has 0 radical (unpaired) electrons. The smallest absolute Gasteiger partial charge is 0.0589 e. The van der Waals surface area contributed by atoms with Gasteiger partial charge in [0.1, 0.15) is 0 Å². The average molecular weight is 201 g/mol. The number of aliphatic hydroxyl groups excluding tert-OH is 1. The fraction of sp³-hybridized carbons (Fsp3) is 1.00. The van der Waals surface area contributed by atoms with Gasteiger partial charge in [0.25, 0.3) is 0 Å². The number of hydrogen-bond donors (Lipinski definition) is 1. The Hall–Kier alpha value is -0.120. The summed E-state index contributed by atoms with van der Waals surface area (Å²) in [5.41, 5.74) is 0. The van der Waals surface area contributed by atoms with Crippen LogP contribution in [0.15, 0.2) is 0 Å². The number of hydrogen-bond acceptors (Lipinski definition) is 3. The quantitative estimate of drug-likeness (QED) is 0.654. The summed E-state index contributed by atoms with van der Waals surface area (Å²) in [6, 6.07) is 0.386. The zero-order chi connectivity index (χ0) is 10.4. The Balaban J connectivity index is 2.17. The van der Waals surface area contributed by atoms with E-state index in [-0.39, 0.29) is 0 Å². The number of ether oxygens (including phenoxy) is 1. The highest BCUT2D eigenvalue weighted by molar-refractivity contribution is 4.83. The predicted octanol–water partition coefficient (Wildman–Crippen LogP) is 1.12. The Kier molecular flexibility index (Phi) is 5.45. The first kappa shape index (κ1) is 12.0. The second kappa shape index (κ2) is 6.38. The van der Waals surface area contributed by atoms with Gasteiger partial charge in [-0.2, -0.15) is 0 Å². The Bertz CT molecular complexity index is 152. The van der Waals surface area contributed by atoms with Crippen LogP contribution in [0.1, 0.15) is 26.7 Å². The van der Waals surface area contributed by atoms with Crippen molar-refractivity contribution < 1.29 is 9.84 Å². The van der Waals surface area contributed by atoms with E-state index in [1.807, 2.05) is 6.92 Å². The molecule has 1 saturated heterocycles. The molecule has 1 heterocycles. The van der Waals surface area contributed by atoms with Gasteiger partial charge >= 0.3 is 0 Å². The molecule has 1 N–H and O–H groups in total. The van der Waals surface area contributed by atoms with E-state index >= 15 is 0 Å². The Morgan fingerprint density at radius 3 is 2.93 bits per heavy atom. The molecule has 1 rings (SSSR count). The van der Waals surface area contributed by atoms with Gasteiger partial charge in [0, 0.05) is 25.8 Å². The Morgan fingerprint density at radius 1 is 1.50 bits per heavy atom. The lowest BCUT2D eigenvalue weighted by molar-refractivity contribution is 0.108. The molecule has 3 nitrogen and oxygen atoms in total. The minimum Gasteiger partial charge on any atom is -0.395 e. The normalized spacial score (nSPS) is 28.5. The maximum Gasteiger partial charge on any atom is 0.0589 e. The molecule has 0 saturated carbocycles. The van der Waals surface area contributed by atoms with Crippen molar-refractivity contribution in [1.29, 1.82) is 0 Å². The van der Waals surface area contributed by atoms with Crippen molar-refractivity contribution in [2.45, 2.75) is 32.7 Å². The predicted molar refractivity (Wildman–Crippen MR) is 57.3 cm³/mol. The molecule has 1 aliphatic heterocycles. The molecule has 14 heavy (non-hydrogen) atoms. The largest absolute Gasteiger partial charge is 0.395 e. The number of rotatable bonds is 6. The maximum absolute atomic E-state index is 9.24. The zero-order valence-electron chi connectivity index (χ0n) is 9.41. The van der Waals surface area contributed by atoms with Gasteiger partial charge in [-0.3, -0.25) is 4.90 Å². The van der Waals surface area contributed by atoms with Crippen molar-refractivity contribution in [3.05, 3.63) is 0 Å². The first-order chi connectivity index (χ1) is 6.79. The summed E-state index contributed by atoms with van der Waals surface area (Å²) in [6.07, 6.45) is 2.30. The van der Waals surface area contributed by atoms with Crippen LogP contribution in [-0.2, 0) is 4.74 Å². The molecule has 0 aliphatic carbocycles. The third-order valence-electron chi connectivity index (χ3n) is 3.12. The molecule has 2 atom stereocenters. The fourth-order valence-electron chi connectivity index (χ4n) is 2.17. The van der Waals surface area contributed by atoms with E-state index in [0.717, 1.165) is 32.7 Å². The molecule has 0 aromatic rings. The first-order valence-corrected chi connectivity index (χ1v) is 5.72. The van der Waals surface area contributed by atoms with Gasteiger partial charge in [-0.1, -0.05) is 6.92 Å². The van der Waals surface area contributed by atoms with Crippen LogP contribution in [0, 0.1) is 5.92 Å². The Morgan fingerprint density at radius 2 is 2.29 bits per heavy atom. The summed E-state index contributed by atoms with van der Waals surface area (Å²) >= 11 is 0. The third kappa shape index (κ3) is 3.23. The van der Waals surface area contributed by atoms with E-state index in [0.29, 0.717) is 18.6 Å². The van der Waals surface area contributed by atoms with E-state index in [1.54, 1.807) is 0 Å². The number of nitrogens with zero attached hydrogens (tertiary/aromatic N) is 1. The van der Waals surface area contributed by atoms with E-state index in [2.05, 4.69) is 11.8 Å². The average Bonchev–Trinajstić information content (AvgIpc) is 2.54. The van der Waals surface area contributed by atoms with Crippen molar-refractivity contribution in [3.63, 3.8) is 0 Å². The van der Waals surface area contributed by atoms with Crippen molar-refractivity contribution >= 4 is 0 Å². The second-order valence-corrected chi connectivity index (χ2v) is 4.10. The van der Waals surface area contributed by atoms with Gasteiger partial charge in [-0.15, -0.1) is 0 Å². The van der Waals surface area contributed by atoms with Gasteiger partial charge < -0.3 is 9.84 Å². The standard InChI is InChI=1S/C11H23NO2/c1-3-14-8-4-6-12-7-5-10(2)11(12)9-13/h10-11,13H,3-9H2,1-2H3. The minimum atomic E-state index is 0.301. The molecular formula is C11H23NO2. The molecule has 0 aromatic carbocycles. The molecule has 0 spiro atoms. The number of likely N-dealkylation sites (tertiary alicyclic amines) is 1. The van der Waals surface area contributed by atoms with Crippen molar-refractivity contribution in [2.75, 3.05) is 32.9 Å². The van der Waals surface area contributed by atoms with Crippen LogP contribution < -0.4 is 0 Å². The van der Waals surface area contributed by atoms with Gasteiger partial charge in [0.2, 0.25) is 0 Å². The van der Waals surface area contributed by atoms with E-state index in [9.17, 15) is 5.11 Å². The zero-order valence-corrected chi connectivity index (χ0v) is 9.41. The minimum absolute atomic E-state index is 0.301. The van der Waals surface area contributed by atoms with Crippen molar-refractivity contribution in [1.82, 2.24) is 4.90 Å². The lowest BCUT2D eigenvalue weighted by atomic mass is 10.0. The van der Waals surface area contributed by atoms with Crippen LogP contribution in [0.5, 0.6) is 0 Å². The van der Waals surface area contributed by atoms with E-state index < -0.39 is 0 Å². The highest BCUT2D eigenvalue weighted by Crippen LogP contribution is 2.23. The molecule has 84 valence electrons. The van der Waals surface area contributed by atoms with Crippen LogP contribution in [0.2, 0.25) is 0 Å². The monoisotopic (exact) mass is 201 g/mol. The van der Waals surface area contributed by atoms with Crippen LogP contribution in [-0.4, -0.2) is 49.0 Å². The molecule has 0 bridgehead atoms. The summed E-state index contributed by atoms with van der Waals surface area (Å²) in [4.78, 5) is 2.39. The molecule has 1 aliphatic rings. The van der Waals surface area contributed by atoms with Crippen LogP contribution >= 0.6 is 0 Å². The topological polar surface area (TPSA) is 32.7 Å². The van der Waals surface area contributed by atoms with Gasteiger partial charge in [0.15, 0.2) is 0 Å². The highest BCUT2D eigenvalue weighted by Gasteiger charge is 2.29. The van der Waals surface area contributed by atoms with Gasteiger partial charge in [0.05, 0.1) is 6.61 Å². The molecule has 0 aromatic heterocycles. The fourth-order valence-corrected chi connectivity index (χ4v) is 2.17. The van der Waals surface area contributed by atoms with Crippen LogP contribution in [0.25, 0.3) is 0 Å². The lowest BCUT2D eigenvalue weighted by Gasteiger charge is -2.24. The van der Waals surface area contributed by atoms with Gasteiger partial charge in [-0.25, -0.2) is 0 Å². The summed E-state index contributed by atoms with van der Waals surface area (Å²) in [5.74, 6) is 0.645. The van der Waals surface area contributed by atoms with Crippen LogP contribution in [0.3, 0.4) is 0 Å². The van der Waals surface area contributed by atoms with Crippen LogP contribution in [0.4, 0.5) is 0 Å². The highest BCUT2D eigenvalue weighted by atomic mass is 16.5. The molecule has 2 unspecified atom stereocenters. The second-order valence-electron chi connectivity index (χ2n) is 4.10. The molecular weight excluding hydrogens is 178 g/mol. The number of aliphatic hydroxyl groups is 1. The summed E-state index contributed by atoms with van der Waals surface area (Å²) in [6.45, 7) is 8.40. The summed E-state index contributed by atoms with van der Waals surface area (Å²) < 4.78 is 5.30. The third-order valence-corrected chi connectivity index (χ3v) is 3.12. The van der Waals surface area contributed by atoms with Gasteiger partial charge in [-0.05, 0) is 32.2 Å².